The van der Waals surface area contributed by atoms with E-state index >= 15 is 0 Å². The van der Waals surface area contributed by atoms with Gasteiger partial charge in [0, 0.05) is 31.9 Å². The lowest BCUT2D eigenvalue weighted by Gasteiger charge is -2.31. The summed E-state index contributed by atoms with van der Waals surface area (Å²) in [5.74, 6) is 0.671. The number of pyridine rings is 1. The molecule has 2 aromatic rings. The first kappa shape index (κ1) is 19.2. The Balaban J connectivity index is 1.69. The fourth-order valence-corrected chi connectivity index (χ4v) is 4.49. The Bertz CT molecular complexity index is 822. The number of aryl methyl sites for hydroxylation is 1. The van der Waals surface area contributed by atoms with Crippen molar-refractivity contribution in [1.29, 1.82) is 0 Å². The number of nitrogens with one attached hydrogen (secondary N) is 1. The van der Waals surface area contributed by atoms with Crippen molar-refractivity contribution in [2.45, 2.75) is 58.5 Å². The Kier molecular flexibility index (Phi) is 5.80. The molecular formula is C21H31N5O2. The Morgan fingerprint density at radius 1 is 1.25 bits per heavy atom. The molecule has 1 amide bonds. The number of nitrogens with zero attached hydrogens (tertiary/aromatic N) is 4. The highest BCUT2D eigenvalue weighted by Gasteiger charge is 2.27. The van der Waals surface area contributed by atoms with Gasteiger partial charge in [0.2, 0.25) is 0 Å². The molecule has 0 unspecified atom stereocenters. The summed E-state index contributed by atoms with van der Waals surface area (Å²) < 4.78 is 7.29. The number of morpholine rings is 1. The van der Waals surface area contributed by atoms with Gasteiger partial charge < -0.3 is 15.0 Å². The second-order valence-electron chi connectivity index (χ2n) is 7.98. The molecule has 2 aliphatic rings. The summed E-state index contributed by atoms with van der Waals surface area (Å²) in [6.07, 6.45) is 10.0. The van der Waals surface area contributed by atoms with E-state index in [9.17, 15) is 4.79 Å². The predicted molar refractivity (Wildman–Crippen MR) is 110 cm³/mol. The van der Waals surface area contributed by atoms with Gasteiger partial charge in [-0.25, -0.2) is 9.67 Å². The predicted octanol–water partition coefficient (Wildman–Crippen LogP) is 3.30. The topological polar surface area (TPSA) is 72.3 Å². The molecule has 0 aromatic carbocycles. The van der Waals surface area contributed by atoms with Crippen LogP contribution in [0.3, 0.4) is 0 Å². The van der Waals surface area contributed by atoms with Crippen molar-refractivity contribution in [2.75, 3.05) is 31.6 Å². The number of fused-ring (bicyclic) bond motifs is 1. The first-order valence-electron chi connectivity index (χ1n) is 10.7. The minimum Gasteiger partial charge on any atom is -0.381 e. The fraction of sp³-hybridized carbons (Fsp3) is 0.667. The average Bonchev–Trinajstić information content (AvgIpc) is 3.18. The number of aromatic nitrogens is 3. The molecule has 0 spiro atoms. The van der Waals surface area contributed by atoms with Crippen LogP contribution in [0, 0.1) is 5.92 Å². The minimum absolute atomic E-state index is 0.0280. The zero-order valence-electron chi connectivity index (χ0n) is 17.0. The first-order valence-corrected chi connectivity index (χ1v) is 10.7. The van der Waals surface area contributed by atoms with Gasteiger partial charge in [0.15, 0.2) is 5.65 Å². The van der Waals surface area contributed by atoms with Gasteiger partial charge in [0.05, 0.1) is 36.0 Å². The highest BCUT2D eigenvalue weighted by atomic mass is 16.5. The third-order valence-corrected chi connectivity index (χ3v) is 6.22. The van der Waals surface area contributed by atoms with E-state index < -0.39 is 0 Å². The minimum atomic E-state index is 0.0280. The van der Waals surface area contributed by atoms with Gasteiger partial charge in [-0.1, -0.05) is 19.3 Å². The summed E-state index contributed by atoms with van der Waals surface area (Å²) in [5.41, 5.74) is 2.37. The van der Waals surface area contributed by atoms with Crippen LogP contribution in [0.15, 0.2) is 12.4 Å². The van der Waals surface area contributed by atoms with E-state index in [2.05, 4.69) is 29.2 Å². The van der Waals surface area contributed by atoms with Crippen LogP contribution in [0.5, 0.6) is 0 Å². The van der Waals surface area contributed by atoms with Crippen molar-refractivity contribution in [3.63, 3.8) is 0 Å². The Hall–Kier alpha value is -2.15. The number of amides is 1. The lowest BCUT2D eigenvalue weighted by molar-refractivity contribution is 0.0303. The molecule has 1 saturated heterocycles. The van der Waals surface area contributed by atoms with Crippen molar-refractivity contribution < 1.29 is 9.53 Å². The van der Waals surface area contributed by atoms with Crippen LogP contribution in [-0.4, -0.2) is 57.9 Å². The molecule has 7 heteroatoms. The molecule has 1 saturated carbocycles. The summed E-state index contributed by atoms with van der Waals surface area (Å²) in [5, 5.41) is 9.12. The van der Waals surface area contributed by atoms with Crippen LogP contribution in [0.4, 0.5) is 5.69 Å². The molecule has 4 rings (SSSR count). The number of rotatable bonds is 5. The molecule has 1 aliphatic heterocycles. The molecule has 0 radical (unpaired) electrons. The van der Waals surface area contributed by atoms with E-state index in [0.717, 1.165) is 23.3 Å². The van der Waals surface area contributed by atoms with Crippen molar-refractivity contribution in [1.82, 2.24) is 19.7 Å². The van der Waals surface area contributed by atoms with Gasteiger partial charge in [-0.05, 0) is 32.6 Å². The second-order valence-corrected chi connectivity index (χ2v) is 7.98. The van der Waals surface area contributed by atoms with Crippen LogP contribution >= 0.6 is 0 Å². The van der Waals surface area contributed by atoms with Gasteiger partial charge in [-0.2, -0.15) is 5.10 Å². The van der Waals surface area contributed by atoms with Crippen LogP contribution in [0.25, 0.3) is 11.0 Å². The van der Waals surface area contributed by atoms with Crippen LogP contribution in [0.2, 0.25) is 0 Å². The maximum atomic E-state index is 13.3. The quantitative estimate of drug-likeness (QED) is 0.855. The molecular weight excluding hydrogens is 354 g/mol. The lowest BCUT2D eigenvalue weighted by atomic mass is 9.84. The number of carbonyl (C=O) groups is 1. The van der Waals surface area contributed by atoms with E-state index in [0.29, 0.717) is 43.8 Å². The lowest BCUT2D eigenvalue weighted by Crippen LogP contribution is -2.41. The number of hydrogen-bond donors (Lipinski definition) is 1. The number of hydrogen-bond acceptors (Lipinski definition) is 5. The maximum absolute atomic E-state index is 13.3. The molecule has 2 fully saturated rings. The zero-order chi connectivity index (χ0) is 19.5. The highest BCUT2D eigenvalue weighted by Crippen LogP contribution is 2.32. The van der Waals surface area contributed by atoms with Crippen LogP contribution in [0.1, 0.15) is 56.3 Å². The third kappa shape index (κ3) is 3.72. The molecule has 1 aliphatic carbocycles. The summed E-state index contributed by atoms with van der Waals surface area (Å²) in [7, 11) is 0. The van der Waals surface area contributed by atoms with Crippen molar-refractivity contribution in [3.05, 3.63) is 18.0 Å². The van der Waals surface area contributed by atoms with E-state index in [1.54, 1.807) is 6.20 Å². The Morgan fingerprint density at radius 3 is 2.71 bits per heavy atom. The van der Waals surface area contributed by atoms with Gasteiger partial charge in [-0.15, -0.1) is 0 Å². The van der Waals surface area contributed by atoms with E-state index in [1.165, 1.54) is 32.1 Å². The average molecular weight is 386 g/mol. The van der Waals surface area contributed by atoms with Gasteiger partial charge in [0.25, 0.3) is 5.91 Å². The monoisotopic (exact) mass is 385 g/mol. The first-order chi connectivity index (χ1) is 13.7. The maximum Gasteiger partial charge on any atom is 0.257 e. The zero-order valence-corrected chi connectivity index (χ0v) is 17.0. The van der Waals surface area contributed by atoms with Crippen molar-refractivity contribution in [3.8, 4) is 0 Å². The van der Waals surface area contributed by atoms with Gasteiger partial charge >= 0.3 is 0 Å². The van der Waals surface area contributed by atoms with Gasteiger partial charge in [0.1, 0.15) is 0 Å². The Labute approximate surface area is 166 Å². The SMILES string of the molecule is CCn1ncc2c(N[C@H](C)C3CCCCC3)c(C(=O)N3CCOCC3)cnc21. The standard InChI is InChI=1S/C21H31N5O2/c1-3-26-20-17(14-23-26)19(24-15(2)16-7-5-4-6-8-16)18(13-22-20)21(27)25-9-11-28-12-10-25/h13-16H,3-12H2,1-2H3,(H,22,24)/t15-/m1/s1. The normalized spacial score (nSPS) is 19.7. The summed E-state index contributed by atoms with van der Waals surface area (Å²) in [6, 6.07) is 0.312. The molecule has 1 N–H and O–H groups in total. The summed E-state index contributed by atoms with van der Waals surface area (Å²) in [6.45, 7) is 7.50. The molecule has 152 valence electrons. The largest absolute Gasteiger partial charge is 0.381 e. The fourth-order valence-electron chi connectivity index (χ4n) is 4.49. The second kappa shape index (κ2) is 8.47. The highest BCUT2D eigenvalue weighted by molar-refractivity contribution is 6.06. The van der Waals surface area contributed by atoms with Crippen molar-refractivity contribution >= 4 is 22.6 Å². The van der Waals surface area contributed by atoms with E-state index in [4.69, 9.17) is 4.74 Å². The number of anilines is 1. The number of carbonyl (C=O) groups excluding carboxylic acids is 1. The molecule has 1 atom stereocenters. The van der Waals surface area contributed by atoms with Crippen LogP contribution < -0.4 is 5.32 Å². The van der Waals surface area contributed by atoms with Gasteiger partial charge in [-0.3, -0.25) is 4.79 Å². The van der Waals surface area contributed by atoms with Crippen molar-refractivity contribution in [2.24, 2.45) is 5.92 Å². The number of ether oxygens (including phenoxy) is 1. The van der Waals surface area contributed by atoms with Crippen LogP contribution in [-0.2, 0) is 11.3 Å². The summed E-state index contributed by atoms with van der Waals surface area (Å²) in [4.78, 5) is 19.7. The van der Waals surface area contributed by atoms with E-state index in [1.807, 2.05) is 15.8 Å². The smallest absolute Gasteiger partial charge is 0.257 e. The molecule has 7 nitrogen and oxygen atoms in total. The molecule has 2 aromatic heterocycles. The van der Waals surface area contributed by atoms with E-state index in [-0.39, 0.29) is 5.91 Å². The summed E-state index contributed by atoms with van der Waals surface area (Å²) >= 11 is 0. The molecule has 3 heterocycles. The molecule has 0 bridgehead atoms. The Morgan fingerprint density at radius 2 is 2.00 bits per heavy atom. The molecule has 28 heavy (non-hydrogen) atoms. The third-order valence-electron chi connectivity index (χ3n) is 6.22.